The molecule has 0 spiro atoms. The van der Waals surface area contributed by atoms with Crippen LogP contribution in [0.3, 0.4) is 0 Å². The second kappa shape index (κ2) is 6.02. The van der Waals surface area contributed by atoms with E-state index >= 15 is 0 Å². The highest BCUT2D eigenvalue weighted by molar-refractivity contribution is 7.89. The second-order valence-electron chi connectivity index (χ2n) is 5.87. The highest BCUT2D eigenvalue weighted by Crippen LogP contribution is 2.33. The fourth-order valence-corrected chi connectivity index (χ4v) is 4.38. The lowest BCUT2D eigenvalue weighted by molar-refractivity contribution is 0.349. The quantitative estimate of drug-likeness (QED) is 0.928. The Labute approximate surface area is 127 Å². The second-order valence-corrected chi connectivity index (χ2v) is 7.78. The van der Waals surface area contributed by atoms with Gasteiger partial charge in [0.2, 0.25) is 10.0 Å². The number of aryl methyl sites for hydroxylation is 2. The molecule has 0 amide bonds. The molecule has 1 saturated heterocycles. The summed E-state index contributed by atoms with van der Waals surface area (Å²) in [5, 5.41) is 0. The van der Waals surface area contributed by atoms with Gasteiger partial charge in [0, 0.05) is 13.1 Å². The molecule has 20 heavy (non-hydrogen) atoms. The molecule has 0 saturated carbocycles. The summed E-state index contributed by atoms with van der Waals surface area (Å²) >= 11 is 0. The zero-order valence-corrected chi connectivity index (χ0v) is 13.9. The van der Waals surface area contributed by atoms with Gasteiger partial charge in [-0.05, 0) is 43.9 Å². The van der Waals surface area contributed by atoms with Gasteiger partial charge < -0.3 is 5.73 Å². The maximum atomic E-state index is 12.7. The highest BCUT2D eigenvalue weighted by atomic mass is 35.5. The predicted octanol–water partition coefficient (Wildman–Crippen LogP) is 2.08. The first kappa shape index (κ1) is 17.4. The molecule has 1 aromatic rings. The van der Waals surface area contributed by atoms with Crippen molar-refractivity contribution < 1.29 is 8.42 Å². The van der Waals surface area contributed by atoms with Crippen LogP contribution in [0.4, 0.5) is 0 Å². The molecule has 0 bridgehead atoms. The van der Waals surface area contributed by atoms with Crippen molar-refractivity contribution in [1.29, 1.82) is 0 Å². The summed E-state index contributed by atoms with van der Waals surface area (Å²) in [7, 11) is -3.39. The minimum absolute atomic E-state index is 0. The molecular weight excluding hydrogens is 296 g/mol. The number of rotatable bonds is 3. The van der Waals surface area contributed by atoms with Gasteiger partial charge in [-0.15, -0.1) is 12.4 Å². The molecule has 1 aromatic carbocycles. The third kappa shape index (κ3) is 3.17. The molecule has 1 atom stereocenters. The van der Waals surface area contributed by atoms with Gasteiger partial charge >= 0.3 is 0 Å². The van der Waals surface area contributed by atoms with Crippen LogP contribution in [0.5, 0.6) is 0 Å². The van der Waals surface area contributed by atoms with E-state index in [0.29, 0.717) is 24.5 Å². The molecule has 114 valence electrons. The highest BCUT2D eigenvalue weighted by Gasteiger charge is 2.39. The molecule has 1 aliphatic rings. The van der Waals surface area contributed by atoms with Crippen molar-refractivity contribution in [3.8, 4) is 0 Å². The standard InChI is InChI=1S/C14H22N2O2S.ClH/c1-11-4-5-13(12(2)8-11)19(17,18)16-7-6-14(3,9-15)10-16;/h4-5,8H,6-7,9-10,15H2,1-3H3;1H. The first-order valence-corrected chi connectivity index (χ1v) is 8.00. The Kier molecular flexibility index (Phi) is 5.24. The van der Waals surface area contributed by atoms with Gasteiger partial charge in [-0.2, -0.15) is 4.31 Å². The lowest BCUT2D eigenvalue weighted by atomic mass is 9.90. The summed E-state index contributed by atoms with van der Waals surface area (Å²) in [6.45, 7) is 7.45. The van der Waals surface area contributed by atoms with Crippen LogP contribution in [0.15, 0.2) is 23.1 Å². The van der Waals surface area contributed by atoms with E-state index in [9.17, 15) is 8.42 Å². The summed E-state index contributed by atoms with van der Waals surface area (Å²) in [4.78, 5) is 0.416. The Morgan fingerprint density at radius 2 is 2.00 bits per heavy atom. The summed E-state index contributed by atoms with van der Waals surface area (Å²) in [5.41, 5.74) is 7.53. The molecule has 6 heteroatoms. The van der Waals surface area contributed by atoms with Crippen LogP contribution in [0, 0.1) is 19.3 Å². The van der Waals surface area contributed by atoms with Gasteiger partial charge in [-0.3, -0.25) is 0 Å². The summed E-state index contributed by atoms with van der Waals surface area (Å²) < 4.78 is 26.9. The Bertz CT molecular complexity index is 589. The molecule has 0 radical (unpaired) electrons. The first-order chi connectivity index (χ1) is 8.78. The van der Waals surface area contributed by atoms with E-state index in [-0.39, 0.29) is 17.8 Å². The molecule has 2 rings (SSSR count). The van der Waals surface area contributed by atoms with E-state index in [1.54, 1.807) is 10.4 Å². The van der Waals surface area contributed by atoms with Crippen LogP contribution < -0.4 is 5.73 Å². The smallest absolute Gasteiger partial charge is 0.243 e. The number of benzene rings is 1. The summed E-state index contributed by atoms with van der Waals surface area (Å²) in [6, 6.07) is 5.46. The lowest BCUT2D eigenvalue weighted by Crippen LogP contribution is -2.34. The average molecular weight is 319 g/mol. The minimum Gasteiger partial charge on any atom is -0.330 e. The fraction of sp³-hybridized carbons (Fsp3) is 0.571. The van der Waals surface area contributed by atoms with Crippen molar-refractivity contribution in [1.82, 2.24) is 4.31 Å². The normalized spacial score (nSPS) is 23.6. The molecular formula is C14H23ClN2O2S. The van der Waals surface area contributed by atoms with E-state index in [0.717, 1.165) is 17.5 Å². The number of halogens is 1. The topological polar surface area (TPSA) is 63.4 Å². The Balaban J connectivity index is 0.00000200. The van der Waals surface area contributed by atoms with Crippen molar-refractivity contribution >= 4 is 22.4 Å². The Hall–Kier alpha value is -0.620. The van der Waals surface area contributed by atoms with Crippen molar-refractivity contribution in [2.75, 3.05) is 19.6 Å². The number of nitrogens with two attached hydrogens (primary N) is 1. The summed E-state index contributed by atoms with van der Waals surface area (Å²) in [6.07, 6.45) is 0.827. The molecule has 2 N–H and O–H groups in total. The van der Waals surface area contributed by atoms with Crippen LogP contribution in [0.1, 0.15) is 24.5 Å². The maximum absolute atomic E-state index is 12.7. The Morgan fingerprint density at radius 3 is 2.50 bits per heavy atom. The largest absolute Gasteiger partial charge is 0.330 e. The summed E-state index contributed by atoms with van der Waals surface area (Å²) in [5.74, 6) is 0. The number of hydrogen-bond donors (Lipinski definition) is 1. The fourth-order valence-electron chi connectivity index (χ4n) is 2.58. The van der Waals surface area contributed by atoms with Crippen molar-refractivity contribution in [2.24, 2.45) is 11.1 Å². The average Bonchev–Trinajstić information content (AvgIpc) is 2.73. The van der Waals surface area contributed by atoms with E-state index in [2.05, 4.69) is 0 Å². The van der Waals surface area contributed by atoms with E-state index in [1.807, 2.05) is 32.9 Å². The van der Waals surface area contributed by atoms with Gasteiger partial charge in [0.05, 0.1) is 4.90 Å². The Morgan fingerprint density at radius 1 is 1.35 bits per heavy atom. The van der Waals surface area contributed by atoms with Crippen LogP contribution >= 0.6 is 12.4 Å². The molecule has 4 nitrogen and oxygen atoms in total. The molecule has 0 aliphatic carbocycles. The van der Waals surface area contributed by atoms with Crippen LogP contribution in [-0.4, -0.2) is 32.4 Å². The van der Waals surface area contributed by atoms with Crippen LogP contribution in [-0.2, 0) is 10.0 Å². The zero-order chi connectivity index (χ0) is 14.3. The van der Waals surface area contributed by atoms with Gasteiger partial charge in [-0.1, -0.05) is 24.6 Å². The SMILES string of the molecule is Cc1ccc(S(=O)(=O)N2CCC(C)(CN)C2)c(C)c1.Cl. The van der Waals surface area contributed by atoms with E-state index < -0.39 is 10.0 Å². The molecule has 1 fully saturated rings. The number of nitrogens with zero attached hydrogens (tertiary/aromatic N) is 1. The molecule has 1 heterocycles. The van der Waals surface area contributed by atoms with Gasteiger partial charge in [0.25, 0.3) is 0 Å². The van der Waals surface area contributed by atoms with E-state index in [4.69, 9.17) is 5.73 Å². The van der Waals surface area contributed by atoms with E-state index in [1.165, 1.54) is 0 Å². The maximum Gasteiger partial charge on any atom is 0.243 e. The van der Waals surface area contributed by atoms with Crippen LogP contribution in [0.25, 0.3) is 0 Å². The molecule has 1 unspecified atom stereocenters. The van der Waals surface area contributed by atoms with Gasteiger partial charge in [0.15, 0.2) is 0 Å². The number of hydrogen-bond acceptors (Lipinski definition) is 3. The van der Waals surface area contributed by atoms with Crippen LogP contribution in [0.2, 0.25) is 0 Å². The van der Waals surface area contributed by atoms with Crippen molar-refractivity contribution in [3.63, 3.8) is 0 Å². The first-order valence-electron chi connectivity index (χ1n) is 6.56. The predicted molar refractivity (Wildman–Crippen MR) is 83.7 cm³/mol. The third-order valence-corrected chi connectivity index (χ3v) is 5.97. The lowest BCUT2D eigenvalue weighted by Gasteiger charge is -2.23. The van der Waals surface area contributed by atoms with Crippen molar-refractivity contribution in [3.05, 3.63) is 29.3 Å². The number of sulfonamides is 1. The molecule has 1 aliphatic heterocycles. The monoisotopic (exact) mass is 318 g/mol. The third-order valence-electron chi connectivity index (χ3n) is 3.96. The van der Waals surface area contributed by atoms with Gasteiger partial charge in [-0.25, -0.2) is 8.42 Å². The molecule has 0 aromatic heterocycles. The minimum atomic E-state index is -3.39. The zero-order valence-electron chi connectivity index (χ0n) is 12.2. The van der Waals surface area contributed by atoms with Gasteiger partial charge in [0.1, 0.15) is 0 Å². The van der Waals surface area contributed by atoms with Crippen molar-refractivity contribution in [2.45, 2.75) is 32.1 Å².